The third-order valence-electron chi connectivity index (χ3n) is 5.30. The Balaban J connectivity index is 2.08. The summed E-state index contributed by atoms with van der Waals surface area (Å²) >= 11 is 1.60. The van der Waals surface area contributed by atoms with E-state index >= 15 is 0 Å². The van der Waals surface area contributed by atoms with E-state index in [9.17, 15) is 9.59 Å². The van der Waals surface area contributed by atoms with Gasteiger partial charge in [0, 0.05) is 18.8 Å². The van der Waals surface area contributed by atoms with Gasteiger partial charge < -0.3 is 10.2 Å². The summed E-state index contributed by atoms with van der Waals surface area (Å²) in [6, 6.07) is 16.1. The zero-order chi connectivity index (χ0) is 22.6. The molecule has 0 spiro atoms. The molecule has 0 fully saturated rings. The van der Waals surface area contributed by atoms with Gasteiger partial charge >= 0.3 is 0 Å². The van der Waals surface area contributed by atoms with Crippen molar-refractivity contribution in [1.82, 2.24) is 10.2 Å². The Morgan fingerprint density at radius 1 is 0.935 bits per heavy atom. The zero-order valence-electron chi connectivity index (χ0n) is 19.3. The van der Waals surface area contributed by atoms with E-state index in [1.165, 1.54) is 16.7 Å². The molecule has 0 aliphatic heterocycles. The number of hydrogen-bond donors (Lipinski definition) is 1. The van der Waals surface area contributed by atoms with Crippen LogP contribution < -0.4 is 5.32 Å². The lowest BCUT2D eigenvalue weighted by atomic mass is 10.1. The number of rotatable bonds is 12. The number of thioether (sulfide) groups is 1. The van der Waals surface area contributed by atoms with Crippen molar-refractivity contribution in [1.29, 1.82) is 0 Å². The SMILES string of the molecule is CCCCNC(=O)[C@@H](CC)N(Cc1ccc(C)cc1)C(=O)CSCc1ccc(C)cc1. The summed E-state index contributed by atoms with van der Waals surface area (Å²) in [6.45, 7) is 9.29. The predicted molar refractivity (Wildman–Crippen MR) is 131 cm³/mol. The molecule has 168 valence electrons. The lowest BCUT2D eigenvalue weighted by Crippen LogP contribution is -2.49. The Morgan fingerprint density at radius 2 is 1.52 bits per heavy atom. The van der Waals surface area contributed by atoms with Crippen molar-refractivity contribution in [2.75, 3.05) is 12.3 Å². The van der Waals surface area contributed by atoms with Crippen molar-refractivity contribution >= 4 is 23.6 Å². The van der Waals surface area contributed by atoms with Gasteiger partial charge in [-0.25, -0.2) is 0 Å². The van der Waals surface area contributed by atoms with Crippen molar-refractivity contribution in [2.24, 2.45) is 0 Å². The number of nitrogens with one attached hydrogen (secondary N) is 1. The number of amides is 2. The third kappa shape index (κ3) is 8.41. The quantitative estimate of drug-likeness (QED) is 0.458. The molecule has 0 aliphatic carbocycles. The second-order valence-corrected chi connectivity index (χ2v) is 9.04. The number of hydrogen-bond acceptors (Lipinski definition) is 3. The number of aryl methyl sites for hydroxylation is 2. The van der Waals surface area contributed by atoms with Crippen molar-refractivity contribution in [3.63, 3.8) is 0 Å². The summed E-state index contributed by atoms with van der Waals surface area (Å²) in [6.07, 6.45) is 2.57. The van der Waals surface area contributed by atoms with E-state index in [4.69, 9.17) is 0 Å². The van der Waals surface area contributed by atoms with E-state index in [-0.39, 0.29) is 11.8 Å². The average Bonchev–Trinajstić information content (AvgIpc) is 2.76. The molecule has 5 heteroatoms. The fourth-order valence-electron chi connectivity index (χ4n) is 3.34. The molecule has 1 N–H and O–H groups in total. The molecule has 2 aromatic rings. The standard InChI is InChI=1S/C26H36N2O2S/c1-5-7-16-27-26(30)24(6-2)28(17-22-12-8-20(3)9-13-22)25(29)19-31-18-23-14-10-21(4)11-15-23/h8-15,24H,5-7,16-19H2,1-4H3,(H,27,30)/t24-/m1/s1. The summed E-state index contributed by atoms with van der Waals surface area (Å²) < 4.78 is 0. The molecule has 2 rings (SSSR count). The van der Waals surface area contributed by atoms with Crippen LogP contribution in [0, 0.1) is 13.8 Å². The summed E-state index contributed by atoms with van der Waals surface area (Å²) in [5.74, 6) is 1.10. The van der Waals surface area contributed by atoms with Crippen LogP contribution in [0.5, 0.6) is 0 Å². The van der Waals surface area contributed by atoms with Gasteiger partial charge in [-0.3, -0.25) is 9.59 Å². The molecule has 31 heavy (non-hydrogen) atoms. The number of carbonyl (C=O) groups is 2. The molecule has 0 saturated carbocycles. The topological polar surface area (TPSA) is 49.4 Å². The third-order valence-corrected chi connectivity index (χ3v) is 6.29. The molecule has 0 radical (unpaired) electrons. The molecule has 0 unspecified atom stereocenters. The molecule has 0 aromatic heterocycles. The highest BCUT2D eigenvalue weighted by Crippen LogP contribution is 2.18. The Bertz CT molecular complexity index is 818. The number of benzene rings is 2. The second kappa shape index (κ2) is 13.2. The van der Waals surface area contributed by atoms with Crippen LogP contribution in [0.2, 0.25) is 0 Å². The number of nitrogens with zero attached hydrogens (tertiary/aromatic N) is 1. The van der Waals surface area contributed by atoms with E-state index in [1.807, 2.05) is 38.1 Å². The van der Waals surface area contributed by atoms with E-state index in [0.29, 0.717) is 25.3 Å². The summed E-state index contributed by atoms with van der Waals surface area (Å²) in [5, 5.41) is 3.01. The molecule has 1 atom stereocenters. The molecule has 2 amide bonds. The first kappa shape index (κ1) is 25.0. The minimum absolute atomic E-state index is 0.00942. The van der Waals surface area contributed by atoms with Gasteiger partial charge in [0.2, 0.25) is 11.8 Å². The van der Waals surface area contributed by atoms with Crippen LogP contribution in [0.15, 0.2) is 48.5 Å². The normalized spacial score (nSPS) is 11.7. The molecular formula is C26H36N2O2S. The number of carbonyl (C=O) groups excluding carboxylic acids is 2. The maximum Gasteiger partial charge on any atom is 0.242 e. The smallest absolute Gasteiger partial charge is 0.242 e. The monoisotopic (exact) mass is 440 g/mol. The Hall–Kier alpha value is -2.27. The Morgan fingerprint density at radius 3 is 2.06 bits per heavy atom. The van der Waals surface area contributed by atoms with Crippen LogP contribution in [-0.4, -0.2) is 35.1 Å². The van der Waals surface area contributed by atoms with Crippen LogP contribution in [0.4, 0.5) is 0 Å². The van der Waals surface area contributed by atoms with Gasteiger partial charge in [0.25, 0.3) is 0 Å². The Labute approximate surface area is 191 Å². The van der Waals surface area contributed by atoms with Gasteiger partial charge in [0.05, 0.1) is 5.75 Å². The summed E-state index contributed by atoms with van der Waals surface area (Å²) in [5.41, 5.74) is 4.66. The van der Waals surface area contributed by atoms with Crippen molar-refractivity contribution in [3.05, 3.63) is 70.8 Å². The van der Waals surface area contributed by atoms with Crippen LogP contribution in [0.3, 0.4) is 0 Å². The molecular weight excluding hydrogens is 404 g/mol. The fourth-order valence-corrected chi connectivity index (χ4v) is 4.21. The first-order chi connectivity index (χ1) is 14.9. The van der Waals surface area contributed by atoms with Gasteiger partial charge in [0.15, 0.2) is 0 Å². The largest absolute Gasteiger partial charge is 0.354 e. The highest BCUT2D eigenvalue weighted by Gasteiger charge is 2.28. The Kier molecular flexibility index (Phi) is 10.6. The van der Waals surface area contributed by atoms with Crippen LogP contribution in [0.25, 0.3) is 0 Å². The molecule has 2 aromatic carbocycles. The van der Waals surface area contributed by atoms with Crippen molar-refractivity contribution < 1.29 is 9.59 Å². The van der Waals surface area contributed by atoms with Crippen LogP contribution in [0.1, 0.15) is 55.4 Å². The van der Waals surface area contributed by atoms with E-state index in [2.05, 4.69) is 43.4 Å². The van der Waals surface area contributed by atoms with Gasteiger partial charge in [0.1, 0.15) is 6.04 Å². The van der Waals surface area contributed by atoms with Crippen LogP contribution >= 0.6 is 11.8 Å². The van der Waals surface area contributed by atoms with Crippen LogP contribution in [-0.2, 0) is 21.9 Å². The van der Waals surface area contributed by atoms with Gasteiger partial charge in [-0.2, -0.15) is 0 Å². The number of unbranched alkanes of at least 4 members (excludes halogenated alkanes) is 1. The first-order valence-electron chi connectivity index (χ1n) is 11.2. The summed E-state index contributed by atoms with van der Waals surface area (Å²) in [4.78, 5) is 27.8. The van der Waals surface area contributed by atoms with Crippen molar-refractivity contribution in [2.45, 2.75) is 65.3 Å². The maximum atomic E-state index is 13.2. The average molecular weight is 441 g/mol. The van der Waals surface area contributed by atoms with E-state index < -0.39 is 6.04 Å². The van der Waals surface area contributed by atoms with E-state index in [1.54, 1.807) is 16.7 Å². The maximum absolute atomic E-state index is 13.2. The first-order valence-corrected chi connectivity index (χ1v) is 12.4. The zero-order valence-corrected chi connectivity index (χ0v) is 20.1. The summed E-state index contributed by atoms with van der Waals surface area (Å²) in [7, 11) is 0. The lowest BCUT2D eigenvalue weighted by Gasteiger charge is -2.30. The second-order valence-electron chi connectivity index (χ2n) is 8.05. The predicted octanol–water partition coefficient (Wildman–Crippen LogP) is 5.26. The van der Waals surface area contributed by atoms with Crippen molar-refractivity contribution in [3.8, 4) is 0 Å². The van der Waals surface area contributed by atoms with Gasteiger partial charge in [-0.1, -0.05) is 79.9 Å². The highest BCUT2D eigenvalue weighted by molar-refractivity contribution is 7.99. The highest BCUT2D eigenvalue weighted by atomic mass is 32.2. The van der Waals surface area contributed by atoms with Gasteiger partial charge in [-0.05, 0) is 37.8 Å². The molecule has 4 nitrogen and oxygen atoms in total. The fraction of sp³-hybridized carbons (Fsp3) is 0.462. The molecule has 0 aliphatic rings. The minimum atomic E-state index is -0.453. The molecule has 0 heterocycles. The minimum Gasteiger partial charge on any atom is -0.354 e. The lowest BCUT2D eigenvalue weighted by molar-refractivity contribution is -0.139. The molecule has 0 saturated heterocycles. The van der Waals surface area contributed by atoms with E-state index in [0.717, 1.165) is 24.2 Å². The molecule has 0 bridgehead atoms. The van der Waals surface area contributed by atoms with Gasteiger partial charge in [-0.15, -0.1) is 11.8 Å².